The van der Waals surface area contributed by atoms with Crippen LogP contribution >= 0.6 is 0 Å². The number of carboxylic acid groups (broad SMARTS) is 1. The summed E-state index contributed by atoms with van der Waals surface area (Å²) >= 11 is 0. The summed E-state index contributed by atoms with van der Waals surface area (Å²) in [6.45, 7) is 1.96. The van der Waals surface area contributed by atoms with Crippen molar-refractivity contribution in [2.75, 3.05) is 6.61 Å². The van der Waals surface area contributed by atoms with Crippen LogP contribution < -0.4 is 5.32 Å². The summed E-state index contributed by atoms with van der Waals surface area (Å²) in [4.78, 5) is 23.9. The number of aliphatic carboxylic acids is 1. The molecular weight excluding hydrogens is 370 g/mol. The maximum absolute atomic E-state index is 12.3. The lowest BCUT2D eigenvalue weighted by Gasteiger charge is -2.17. The number of benzene rings is 2. The monoisotopic (exact) mass is 391 g/mol. The second-order valence-corrected chi connectivity index (χ2v) is 7.09. The molecule has 1 unspecified atom stereocenters. The van der Waals surface area contributed by atoms with Gasteiger partial charge in [0.05, 0.1) is 6.26 Å². The number of carbonyl (C=O) groups is 2. The van der Waals surface area contributed by atoms with Gasteiger partial charge in [0.2, 0.25) is 0 Å². The van der Waals surface area contributed by atoms with Crippen LogP contribution in [-0.2, 0) is 16.0 Å². The molecule has 1 aromatic heterocycles. The van der Waals surface area contributed by atoms with Crippen LogP contribution in [0.25, 0.3) is 11.1 Å². The van der Waals surface area contributed by atoms with Gasteiger partial charge in [-0.15, -0.1) is 0 Å². The zero-order valence-corrected chi connectivity index (χ0v) is 15.9. The van der Waals surface area contributed by atoms with Gasteiger partial charge in [-0.3, -0.25) is 0 Å². The van der Waals surface area contributed by atoms with E-state index in [-0.39, 0.29) is 18.9 Å². The van der Waals surface area contributed by atoms with E-state index in [1.54, 1.807) is 6.07 Å². The number of ether oxygens (including phenoxy) is 1. The number of carbonyl (C=O) groups excluding carboxylic acids is 1. The van der Waals surface area contributed by atoms with Crippen molar-refractivity contribution in [2.45, 2.75) is 25.3 Å². The fourth-order valence-electron chi connectivity index (χ4n) is 3.78. The Hall–Kier alpha value is -3.54. The average Bonchev–Trinajstić information content (AvgIpc) is 3.27. The van der Waals surface area contributed by atoms with E-state index in [1.807, 2.05) is 43.3 Å². The van der Waals surface area contributed by atoms with E-state index >= 15 is 0 Å². The van der Waals surface area contributed by atoms with E-state index in [0.29, 0.717) is 5.76 Å². The molecule has 0 spiro atoms. The second-order valence-electron chi connectivity index (χ2n) is 7.09. The first-order chi connectivity index (χ1) is 14.0. The van der Waals surface area contributed by atoms with E-state index in [1.165, 1.54) is 6.26 Å². The van der Waals surface area contributed by atoms with Crippen molar-refractivity contribution < 1.29 is 23.8 Å². The molecule has 6 heteroatoms. The summed E-state index contributed by atoms with van der Waals surface area (Å²) in [5, 5.41) is 11.9. The van der Waals surface area contributed by atoms with Gasteiger partial charge in [0, 0.05) is 12.3 Å². The van der Waals surface area contributed by atoms with Crippen molar-refractivity contribution in [3.8, 4) is 11.1 Å². The lowest BCUT2D eigenvalue weighted by atomic mass is 9.98. The average molecular weight is 391 g/mol. The minimum atomic E-state index is -1.14. The van der Waals surface area contributed by atoms with E-state index in [2.05, 4.69) is 17.4 Å². The predicted molar refractivity (Wildman–Crippen MR) is 107 cm³/mol. The van der Waals surface area contributed by atoms with Crippen molar-refractivity contribution >= 4 is 12.1 Å². The highest BCUT2D eigenvalue weighted by Gasteiger charge is 2.30. The van der Waals surface area contributed by atoms with Crippen molar-refractivity contribution in [3.05, 3.63) is 83.3 Å². The number of furan rings is 1. The summed E-state index contributed by atoms with van der Waals surface area (Å²) < 4.78 is 10.7. The topological polar surface area (TPSA) is 88.8 Å². The molecule has 0 fully saturated rings. The summed E-state index contributed by atoms with van der Waals surface area (Å²) in [5.41, 5.74) is 5.30. The Morgan fingerprint density at radius 3 is 2.24 bits per heavy atom. The highest BCUT2D eigenvalue weighted by Crippen LogP contribution is 2.44. The summed E-state index contributed by atoms with van der Waals surface area (Å²) in [6, 6.07) is 16.7. The maximum Gasteiger partial charge on any atom is 0.407 e. The number of carboxylic acids is 1. The zero-order valence-electron chi connectivity index (χ0n) is 15.9. The Bertz CT molecular complexity index is 1010. The first-order valence-corrected chi connectivity index (χ1v) is 9.42. The molecule has 4 rings (SSSR count). The normalized spacial score (nSPS) is 13.4. The van der Waals surface area contributed by atoms with Crippen LogP contribution in [-0.4, -0.2) is 29.8 Å². The SMILES string of the molecule is Cc1ccoc1CC(NC(=O)OCC1c2ccccc2-c2ccccc21)C(=O)O. The third-order valence-electron chi connectivity index (χ3n) is 5.29. The van der Waals surface area contributed by atoms with Crippen LogP contribution in [0.1, 0.15) is 28.4 Å². The van der Waals surface area contributed by atoms with Gasteiger partial charge >= 0.3 is 12.1 Å². The van der Waals surface area contributed by atoms with E-state index in [0.717, 1.165) is 27.8 Å². The molecule has 148 valence electrons. The highest BCUT2D eigenvalue weighted by atomic mass is 16.5. The number of amides is 1. The third kappa shape index (κ3) is 3.74. The van der Waals surface area contributed by atoms with E-state index in [9.17, 15) is 14.7 Å². The Kier molecular flexibility index (Phi) is 5.08. The van der Waals surface area contributed by atoms with Crippen LogP contribution in [0, 0.1) is 6.92 Å². The van der Waals surface area contributed by atoms with Gasteiger partial charge in [0.1, 0.15) is 18.4 Å². The molecule has 6 nitrogen and oxygen atoms in total. The molecule has 1 aliphatic carbocycles. The smallest absolute Gasteiger partial charge is 0.407 e. The second kappa shape index (κ2) is 7.83. The molecular formula is C23H21NO5. The highest BCUT2D eigenvalue weighted by molar-refractivity contribution is 5.81. The maximum atomic E-state index is 12.3. The standard InChI is InChI=1S/C23H21NO5/c1-14-10-11-28-21(14)12-20(22(25)26)24-23(27)29-13-19-17-8-4-2-6-15(17)16-7-3-5-9-18(16)19/h2-11,19-20H,12-13H2,1H3,(H,24,27)(H,25,26). The number of rotatable bonds is 6. The Balaban J connectivity index is 1.44. The van der Waals surface area contributed by atoms with E-state index in [4.69, 9.17) is 9.15 Å². The van der Waals surface area contributed by atoms with Crippen molar-refractivity contribution in [3.63, 3.8) is 0 Å². The molecule has 29 heavy (non-hydrogen) atoms. The lowest BCUT2D eigenvalue weighted by molar-refractivity contribution is -0.139. The summed E-state index contributed by atoms with van der Waals surface area (Å²) in [7, 11) is 0. The van der Waals surface area contributed by atoms with Crippen LogP contribution in [0.4, 0.5) is 4.79 Å². The van der Waals surface area contributed by atoms with Crippen molar-refractivity contribution in [2.24, 2.45) is 0 Å². The molecule has 1 aliphatic rings. The van der Waals surface area contributed by atoms with Crippen LogP contribution in [0.2, 0.25) is 0 Å². The summed E-state index contributed by atoms with van der Waals surface area (Å²) in [5.74, 6) is -0.700. The molecule has 0 aliphatic heterocycles. The quantitative estimate of drug-likeness (QED) is 0.660. The number of nitrogens with one attached hydrogen (secondary N) is 1. The predicted octanol–water partition coefficient (Wildman–Crippen LogP) is 4.12. The molecule has 1 amide bonds. The number of alkyl carbamates (subject to hydrolysis) is 1. The summed E-state index contributed by atoms with van der Waals surface area (Å²) in [6.07, 6.45) is 0.790. The fourth-order valence-corrected chi connectivity index (χ4v) is 3.78. The molecule has 1 heterocycles. The largest absolute Gasteiger partial charge is 0.480 e. The van der Waals surface area contributed by atoms with Crippen LogP contribution in [0.3, 0.4) is 0 Å². The minimum Gasteiger partial charge on any atom is -0.480 e. The van der Waals surface area contributed by atoms with Gasteiger partial charge < -0.3 is 19.6 Å². The van der Waals surface area contributed by atoms with Gasteiger partial charge in [-0.2, -0.15) is 0 Å². The van der Waals surface area contributed by atoms with Gasteiger partial charge in [-0.25, -0.2) is 9.59 Å². The van der Waals surface area contributed by atoms with Crippen molar-refractivity contribution in [1.82, 2.24) is 5.32 Å². The Morgan fingerprint density at radius 1 is 1.07 bits per heavy atom. The van der Waals surface area contributed by atoms with Crippen LogP contribution in [0.5, 0.6) is 0 Å². The fraction of sp³-hybridized carbons (Fsp3) is 0.217. The third-order valence-corrected chi connectivity index (χ3v) is 5.29. The molecule has 2 aromatic carbocycles. The van der Waals surface area contributed by atoms with Gasteiger partial charge in [-0.05, 0) is 40.8 Å². The molecule has 0 bridgehead atoms. The molecule has 3 aromatic rings. The zero-order chi connectivity index (χ0) is 20.4. The molecule has 0 saturated heterocycles. The Labute approximate surface area is 168 Å². The molecule has 1 atom stereocenters. The Morgan fingerprint density at radius 2 is 1.69 bits per heavy atom. The number of fused-ring (bicyclic) bond motifs is 3. The number of aryl methyl sites for hydroxylation is 1. The molecule has 0 saturated carbocycles. The molecule has 0 radical (unpaired) electrons. The lowest BCUT2D eigenvalue weighted by Crippen LogP contribution is -2.43. The van der Waals surface area contributed by atoms with Gasteiger partial charge in [-0.1, -0.05) is 48.5 Å². The van der Waals surface area contributed by atoms with E-state index < -0.39 is 18.1 Å². The van der Waals surface area contributed by atoms with Gasteiger partial charge in [0.15, 0.2) is 0 Å². The van der Waals surface area contributed by atoms with Crippen molar-refractivity contribution in [1.29, 1.82) is 0 Å². The minimum absolute atomic E-state index is 0.0539. The first-order valence-electron chi connectivity index (χ1n) is 9.42. The van der Waals surface area contributed by atoms with Crippen LogP contribution in [0.15, 0.2) is 65.3 Å². The van der Waals surface area contributed by atoms with Gasteiger partial charge in [0.25, 0.3) is 0 Å². The first kappa shape index (κ1) is 18.8. The number of hydrogen-bond acceptors (Lipinski definition) is 4. The molecule has 2 N–H and O–H groups in total. The number of hydrogen-bond donors (Lipinski definition) is 2.